The molecule has 0 fully saturated rings. The lowest BCUT2D eigenvalue weighted by molar-refractivity contribution is -0.116. The molecule has 0 aliphatic carbocycles. The number of ether oxygens (including phenoxy) is 2. The standard InChI is InChI=1S/C20H22N2O5/c1-14(23)22(17-8-4-16(5-9-17)20(25)27-3)13-12-21-19(24)15-6-10-18(26-2)11-7-15/h4-11H,12-13H2,1-3H3,(H,21,24). The molecule has 1 N–H and O–H groups in total. The van der Waals surface area contributed by atoms with Gasteiger partial charge in [0.25, 0.3) is 5.91 Å². The molecule has 2 aromatic rings. The molecule has 0 bridgehead atoms. The van der Waals surface area contributed by atoms with Crippen molar-refractivity contribution in [2.75, 3.05) is 32.2 Å². The number of amides is 2. The molecule has 0 spiro atoms. The van der Waals surface area contributed by atoms with E-state index in [-0.39, 0.29) is 18.4 Å². The molecule has 0 aliphatic heterocycles. The van der Waals surface area contributed by atoms with Crippen LogP contribution in [0.4, 0.5) is 5.69 Å². The van der Waals surface area contributed by atoms with E-state index in [2.05, 4.69) is 10.1 Å². The number of carbonyl (C=O) groups excluding carboxylic acids is 3. The Morgan fingerprint density at radius 1 is 0.926 bits per heavy atom. The van der Waals surface area contributed by atoms with Gasteiger partial charge >= 0.3 is 5.97 Å². The van der Waals surface area contributed by atoms with Gasteiger partial charge in [0.15, 0.2) is 0 Å². The lowest BCUT2D eigenvalue weighted by Gasteiger charge is -2.21. The van der Waals surface area contributed by atoms with E-state index in [0.29, 0.717) is 29.1 Å². The van der Waals surface area contributed by atoms with Gasteiger partial charge in [-0.05, 0) is 48.5 Å². The number of methoxy groups -OCH3 is 2. The van der Waals surface area contributed by atoms with Gasteiger partial charge in [-0.3, -0.25) is 9.59 Å². The Hall–Kier alpha value is -3.35. The molecule has 2 amide bonds. The Kier molecular flexibility index (Phi) is 6.93. The highest BCUT2D eigenvalue weighted by Crippen LogP contribution is 2.16. The van der Waals surface area contributed by atoms with Crippen LogP contribution < -0.4 is 15.0 Å². The van der Waals surface area contributed by atoms with E-state index in [1.807, 2.05) is 0 Å². The fraction of sp³-hybridized carbons (Fsp3) is 0.250. The van der Waals surface area contributed by atoms with Crippen LogP contribution >= 0.6 is 0 Å². The third-order valence-corrected chi connectivity index (χ3v) is 3.95. The maximum atomic E-state index is 12.2. The molecule has 2 rings (SSSR count). The number of nitrogens with one attached hydrogen (secondary N) is 1. The van der Waals surface area contributed by atoms with Gasteiger partial charge in [-0.15, -0.1) is 0 Å². The molecule has 0 unspecified atom stereocenters. The highest BCUT2D eigenvalue weighted by atomic mass is 16.5. The van der Waals surface area contributed by atoms with E-state index in [4.69, 9.17) is 4.74 Å². The van der Waals surface area contributed by atoms with Crippen molar-refractivity contribution >= 4 is 23.5 Å². The fourth-order valence-electron chi connectivity index (χ4n) is 2.49. The number of carbonyl (C=O) groups is 3. The van der Waals surface area contributed by atoms with Gasteiger partial charge in [0, 0.05) is 31.3 Å². The summed E-state index contributed by atoms with van der Waals surface area (Å²) in [7, 11) is 2.87. The van der Waals surface area contributed by atoms with Crippen molar-refractivity contribution in [1.82, 2.24) is 5.32 Å². The van der Waals surface area contributed by atoms with Gasteiger partial charge in [-0.25, -0.2) is 4.79 Å². The molecule has 0 saturated heterocycles. The van der Waals surface area contributed by atoms with Crippen molar-refractivity contribution < 1.29 is 23.9 Å². The summed E-state index contributed by atoms with van der Waals surface area (Å²) in [6, 6.07) is 13.3. The minimum absolute atomic E-state index is 0.167. The summed E-state index contributed by atoms with van der Waals surface area (Å²) in [5.41, 5.74) is 1.54. The number of benzene rings is 2. The van der Waals surface area contributed by atoms with Crippen LogP contribution in [-0.4, -0.2) is 45.1 Å². The highest BCUT2D eigenvalue weighted by Gasteiger charge is 2.13. The van der Waals surface area contributed by atoms with E-state index in [1.165, 1.54) is 18.9 Å². The lowest BCUT2D eigenvalue weighted by atomic mass is 10.2. The van der Waals surface area contributed by atoms with Gasteiger partial charge < -0.3 is 19.7 Å². The van der Waals surface area contributed by atoms with Gasteiger partial charge in [-0.2, -0.15) is 0 Å². The van der Waals surface area contributed by atoms with Crippen molar-refractivity contribution in [2.24, 2.45) is 0 Å². The number of anilines is 1. The predicted molar refractivity (Wildman–Crippen MR) is 101 cm³/mol. The first-order valence-electron chi connectivity index (χ1n) is 8.35. The van der Waals surface area contributed by atoms with Crippen LogP contribution in [0.3, 0.4) is 0 Å². The average Bonchev–Trinajstić information content (AvgIpc) is 2.70. The van der Waals surface area contributed by atoms with E-state index in [1.54, 1.807) is 55.6 Å². The Morgan fingerprint density at radius 3 is 2.04 bits per heavy atom. The molecular formula is C20H22N2O5. The molecule has 27 heavy (non-hydrogen) atoms. The number of hydrogen-bond acceptors (Lipinski definition) is 5. The first-order chi connectivity index (χ1) is 13.0. The van der Waals surface area contributed by atoms with Gasteiger partial charge in [0.1, 0.15) is 5.75 Å². The summed E-state index contributed by atoms with van der Waals surface area (Å²) in [6.45, 7) is 2.03. The molecule has 7 nitrogen and oxygen atoms in total. The van der Waals surface area contributed by atoms with Crippen LogP contribution in [0.5, 0.6) is 5.75 Å². The Bertz CT molecular complexity index is 800. The van der Waals surface area contributed by atoms with Gasteiger partial charge in [0.05, 0.1) is 19.8 Å². The fourth-order valence-corrected chi connectivity index (χ4v) is 2.49. The van der Waals surface area contributed by atoms with Crippen LogP contribution in [0.15, 0.2) is 48.5 Å². The summed E-state index contributed by atoms with van der Waals surface area (Å²) < 4.78 is 9.72. The number of hydrogen-bond donors (Lipinski definition) is 1. The molecule has 0 saturated carbocycles. The first-order valence-corrected chi connectivity index (χ1v) is 8.35. The van der Waals surface area contributed by atoms with Crippen molar-refractivity contribution in [3.63, 3.8) is 0 Å². The minimum atomic E-state index is -0.442. The van der Waals surface area contributed by atoms with Crippen molar-refractivity contribution in [3.05, 3.63) is 59.7 Å². The number of esters is 1. The largest absolute Gasteiger partial charge is 0.497 e. The zero-order valence-corrected chi connectivity index (χ0v) is 15.5. The Morgan fingerprint density at radius 2 is 1.52 bits per heavy atom. The van der Waals surface area contributed by atoms with Crippen molar-refractivity contribution in [1.29, 1.82) is 0 Å². The lowest BCUT2D eigenvalue weighted by Crippen LogP contribution is -2.37. The average molecular weight is 370 g/mol. The smallest absolute Gasteiger partial charge is 0.337 e. The number of rotatable bonds is 7. The van der Waals surface area contributed by atoms with Crippen molar-refractivity contribution in [2.45, 2.75) is 6.92 Å². The SMILES string of the molecule is COC(=O)c1ccc(N(CCNC(=O)c2ccc(OC)cc2)C(C)=O)cc1. The molecule has 0 heterocycles. The second-order valence-corrected chi connectivity index (χ2v) is 5.69. The molecule has 0 aromatic heterocycles. The Balaban J connectivity index is 1.96. The molecule has 7 heteroatoms. The molecule has 0 radical (unpaired) electrons. The minimum Gasteiger partial charge on any atom is -0.497 e. The van der Waals surface area contributed by atoms with Crippen LogP contribution in [0, 0.1) is 0 Å². The zero-order valence-electron chi connectivity index (χ0n) is 15.5. The molecule has 2 aromatic carbocycles. The first kappa shape index (κ1) is 20.0. The van der Waals surface area contributed by atoms with Crippen LogP contribution in [0.1, 0.15) is 27.6 Å². The molecule has 0 aliphatic rings. The maximum absolute atomic E-state index is 12.2. The topological polar surface area (TPSA) is 84.9 Å². The van der Waals surface area contributed by atoms with Gasteiger partial charge in [0.2, 0.25) is 5.91 Å². The summed E-state index contributed by atoms with van der Waals surface area (Å²) >= 11 is 0. The highest BCUT2D eigenvalue weighted by molar-refractivity contribution is 5.95. The zero-order chi connectivity index (χ0) is 19.8. The second-order valence-electron chi connectivity index (χ2n) is 5.69. The van der Waals surface area contributed by atoms with Crippen LogP contribution in [-0.2, 0) is 9.53 Å². The maximum Gasteiger partial charge on any atom is 0.337 e. The molecule has 142 valence electrons. The van der Waals surface area contributed by atoms with Crippen LogP contribution in [0.2, 0.25) is 0 Å². The second kappa shape index (κ2) is 9.38. The molecule has 0 atom stereocenters. The third kappa shape index (κ3) is 5.31. The van der Waals surface area contributed by atoms with E-state index in [9.17, 15) is 14.4 Å². The third-order valence-electron chi connectivity index (χ3n) is 3.95. The van der Waals surface area contributed by atoms with Gasteiger partial charge in [-0.1, -0.05) is 0 Å². The Labute approximate surface area is 157 Å². The van der Waals surface area contributed by atoms with E-state index >= 15 is 0 Å². The summed E-state index contributed by atoms with van der Waals surface area (Å²) in [6.07, 6.45) is 0. The summed E-state index contributed by atoms with van der Waals surface area (Å²) in [5.74, 6) is -0.172. The van der Waals surface area contributed by atoms with Crippen LogP contribution in [0.25, 0.3) is 0 Å². The predicted octanol–water partition coefficient (Wildman–Crippen LogP) is 2.26. The monoisotopic (exact) mass is 370 g/mol. The normalized spacial score (nSPS) is 10.0. The molecular weight excluding hydrogens is 348 g/mol. The summed E-state index contributed by atoms with van der Waals surface area (Å²) in [4.78, 5) is 37.1. The van der Waals surface area contributed by atoms with Crippen molar-refractivity contribution in [3.8, 4) is 5.75 Å². The van der Waals surface area contributed by atoms with E-state index < -0.39 is 5.97 Å². The summed E-state index contributed by atoms with van der Waals surface area (Å²) in [5, 5.41) is 2.78. The quantitative estimate of drug-likeness (QED) is 0.756. The number of nitrogens with zero attached hydrogens (tertiary/aromatic N) is 1. The van der Waals surface area contributed by atoms with E-state index in [0.717, 1.165) is 0 Å².